The van der Waals surface area contributed by atoms with Crippen LogP contribution in [0.3, 0.4) is 0 Å². The first-order chi connectivity index (χ1) is 12.8. The van der Waals surface area contributed by atoms with Gasteiger partial charge in [-0.25, -0.2) is 4.39 Å². The lowest BCUT2D eigenvalue weighted by molar-refractivity contribution is -0.142. The van der Waals surface area contributed by atoms with Gasteiger partial charge in [-0.15, -0.1) is 0 Å². The summed E-state index contributed by atoms with van der Waals surface area (Å²) < 4.78 is 18.9. The number of ether oxygens (including phenoxy) is 1. The summed E-state index contributed by atoms with van der Waals surface area (Å²) in [6.45, 7) is 1.30. The van der Waals surface area contributed by atoms with Crippen molar-refractivity contribution in [2.45, 2.75) is 19.5 Å². The molecule has 5 nitrogen and oxygen atoms in total. The fraction of sp³-hybridized carbons (Fsp3) is 0.263. The summed E-state index contributed by atoms with van der Waals surface area (Å²) in [5.74, 6) is -1.41. The second kappa shape index (κ2) is 9.58. The van der Waals surface area contributed by atoms with Crippen molar-refractivity contribution in [1.29, 1.82) is 0 Å². The Hall–Kier alpha value is -2.31. The van der Waals surface area contributed by atoms with E-state index >= 15 is 0 Å². The molecule has 0 bridgehead atoms. The molecule has 8 heteroatoms. The van der Waals surface area contributed by atoms with Crippen LogP contribution in [0.25, 0.3) is 0 Å². The minimum atomic E-state index is -0.763. The minimum absolute atomic E-state index is 0.0343. The van der Waals surface area contributed by atoms with E-state index in [0.29, 0.717) is 15.6 Å². The van der Waals surface area contributed by atoms with Crippen LogP contribution in [0.15, 0.2) is 42.5 Å². The van der Waals surface area contributed by atoms with Crippen molar-refractivity contribution in [2.24, 2.45) is 0 Å². The van der Waals surface area contributed by atoms with Crippen LogP contribution < -0.4 is 10.1 Å². The van der Waals surface area contributed by atoms with Crippen LogP contribution in [0.4, 0.5) is 4.39 Å². The SMILES string of the molecule is CNC(=O)[C@@H](C)N(Cc1ccc(Cl)c(Cl)c1)C(=O)COc1ccccc1F. The molecule has 0 aliphatic heterocycles. The monoisotopic (exact) mass is 412 g/mol. The van der Waals surface area contributed by atoms with Crippen LogP contribution in [-0.4, -0.2) is 36.4 Å². The first-order valence-electron chi connectivity index (χ1n) is 8.15. The van der Waals surface area contributed by atoms with Gasteiger partial charge < -0.3 is 15.0 Å². The zero-order chi connectivity index (χ0) is 20.0. The van der Waals surface area contributed by atoms with Crippen molar-refractivity contribution in [3.8, 4) is 5.75 Å². The number of hydrogen-bond donors (Lipinski definition) is 1. The maximum absolute atomic E-state index is 13.7. The summed E-state index contributed by atoms with van der Waals surface area (Å²) in [4.78, 5) is 26.1. The topological polar surface area (TPSA) is 58.6 Å². The largest absolute Gasteiger partial charge is 0.481 e. The molecule has 27 heavy (non-hydrogen) atoms. The lowest BCUT2D eigenvalue weighted by Gasteiger charge is -2.28. The molecule has 0 unspecified atom stereocenters. The molecule has 0 saturated heterocycles. The molecule has 1 atom stereocenters. The zero-order valence-electron chi connectivity index (χ0n) is 14.8. The summed E-state index contributed by atoms with van der Waals surface area (Å²) in [5, 5.41) is 3.24. The van der Waals surface area contributed by atoms with Crippen LogP contribution in [0.1, 0.15) is 12.5 Å². The van der Waals surface area contributed by atoms with E-state index in [1.807, 2.05) is 0 Å². The summed E-state index contributed by atoms with van der Waals surface area (Å²) in [7, 11) is 1.48. The maximum atomic E-state index is 13.7. The van der Waals surface area contributed by atoms with E-state index in [1.54, 1.807) is 31.2 Å². The number of benzene rings is 2. The first-order valence-corrected chi connectivity index (χ1v) is 8.91. The van der Waals surface area contributed by atoms with Gasteiger partial charge in [0.15, 0.2) is 18.2 Å². The number of carbonyl (C=O) groups is 2. The molecular weight excluding hydrogens is 394 g/mol. The van der Waals surface area contributed by atoms with Crippen LogP contribution in [0.2, 0.25) is 10.0 Å². The molecule has 0 saturated carbocycles. The molecule has 2 amide bonds. The van der Waals surface area contributed by atoms with E-state index in [9.17, 15) is 14.0 Å². The van der Waals surface area contributed by atoms with Crippen LogP contribution in [-0.2, 0) is 16.1 Å². The molecule has 0 radical (unpaired) electrons. The second-order valence-corrected chi connectivity index (χ2v) is 6.59. The highest BCUT2D eigenvalue weighted by Crippen LogP contribution is 2.24. The number of amides is 2. The third kappa shape index (κ3) is 5.58. The minimum Gasteiger partial charge on any atom is -0.481 e. The fourth-order valence-corrected chi connectivity index (χ4v) is 2.73. The molecule has 0 aromatic heterocycles. The predicted octanol–water partition coefficient (Wildman–Crippen LogP) is 3.67. The van der Waals surface area contributed by atoms with Gasteiger partial charge in [-0.05, 0) is 36.8 Å². The molecule has 0 aliphatic carbocycles. The number of nitrogens with zero attached hydrogens (tertiary/aromatic N) is 1. The van der Waals surface area contributed by atoms with E-state index in [0.717, 1.165) is 0 Å². The highest BCUT2D eigenvalue weighted by Gasteiger charge is 2.26. The van der Waals surface area contributed by atoms with Gasteiger partial charge in [0.25, 0.3) is 5.91 Å². The van der Waals surface area contributed by atoms with E-state index in [2.05, 4.69) is 5.32 Å². The van der Waals surface area contributed by atoms with Crippen molar-refractivity contribution in [3.05, 3.63) is 63.9 Å². The van der Waals surface area contributed by atoms with Crippen molar-refractivity contribution < 1.29 is 18.7 Å². The molecule has 2 aromatic rings. The van der Waals surface area contributed by atoms with Gasteiger partial charge in [0.1, 0.15) is 6.04 Å². The van der Waals surface area contributed by atoms with Crippen LogP contribution in [0, 0.1) is 5.82 Å². The van der Waals surface area contributed by atoms with Gasteiger partial charge in [-0.1, -0.05) is 41.4 Å². The highest BCUT2D eigenvalue weighted by atomic mass is 35.5. The molecule has 1 N–H and O–H groups in total. The predicted molar refractivity (Wildman–Crippen MR) is 102 cm³/mol. The Labute approximate surface area is 167 Å². The van der Waals surface area contributed by atoms with E-state index in [-0.39, 0.29) is 18.2 Å². The summed E-state index contributed by atoms with van der Waals surface area (Å²) in [5.41, 5.74) is 0.694. The molecule has 0 aliphatic rings. The standard InChI is InChI=1S/C19H19Cl2FN2O3/c1-12(19(26)23-2)24(10-13-7-8-14(20)15(21)9-13)18(25)11-27-17-6-4-3-5-16(17)22/h3-9,12H,10-11H2,1-2H3,(H,23,26)/t12-/m1/s1. The quantitative estimate of drug-likeness (QED) is 0.754. The Bertz CT molecular complexity index is 832. The number of carbonyl (C=O) groups excluding carboxylic acids is 2. The van der Waals surface area contributed by atoms with Crippen LogP contribution >= 0.6 is 23.2 Å². The summed E-state index contributed by atoms with van der Waals surface area (Å²) >= 11 is 11.9. The van der Waals surface area contributed by atoms with Gasteiger partial charge in [0, 0.05) is 13.6 Å². The second-order valence-electron chi connectivity index (χ2n) is 5.78. The molecule has 0 fully saturated rings. The smallest absolute Gasteiger partial charge is 0.261 e. The number of likely N-dealkylation sites (N-methyl/N-ethyl adjacent to an activating group) is 1. The average molecular weight is 413 g/mol. The number of rotatable bonds is 7. The molecule has 0 heterocycles. The first kappa shape index (κ1) is 21.0. The van der Waals surface area contributed by atoms with E-state index in [1.165, 1.54) is 30.1 Å². The van der Waals surface area contributed by atoms with Crippen molar-refractivity contribution in [2.75, 3.05) is 13.7 Å². The Morgan fingerprint density at radius 1 is 1.19 bits per heavy atom. The molecule has 2 aromatic carbocycles. The van der Waals surface area contributed by atoms with Gasteiger partial charge >= 0.3 is 0 Å². The van der Waals surface area contributed by atoms with E-state index in [4.69, 9.17) is 27.9 Å². The van der Waals surface area contributed by atoms with Crippen molar-refractivity contribution in [1.82, 2.24) is 10.2 Å². The Balaban J connectivity index is 2.17. The van der Waals surface area contributed by atoms with Gasteiger partial charge in [0.05, 0.1) is 10.0 Å². The Kier molecular flexibility index (Phi) is 7.45. The van der Waals surface area contributed by atoms with Crippen molar-refractivity contribution in [3.63, 3.8) is 0 Å². The number of hydrogen-bond acceptors (Lipinski definition) is 3. The van der Waals surface area contributed by atoms with Gasteiger partial charge in [-0.3, -0.25) is 9.59 Å². The fourth-order valence-electron chi connectivity index (χ4n) is 2.41. The van der Waals surface area contributed by atoms with E-state index < -0.39 is 24.4 Å². The number of para-hydroxylation sites is 1. The normalized spacial score (nSPS) is 11.6. The lowest BCUT2D eigenvalue weighted by Crippen LogP contribution is -2.48. The zero-order valence-corrected chi connectivity index (χ0v) is 16.4. The Morgan fingerprint density at radius 3 is 2.52 bits per heavy atom. The number of nitrogens with one attached hydrogen (secondary N) is 1. The summed E-state index contributed by atoms with van der Waals surface area (Å²) in [6, 6.07) is 9.97. The van der Waals surface area contributed by atoms with Crippen LogP contribution in [0.5, 0.6) is 5.75 Å². The lowest BCUT2D eigenvalue weighted by atomic mass is 10.1. The highest BCUT2D eigenvalue weighted by molar-refractivity contribution is 6.42. The third-order valence-corrected chi connectivity index (χ3v) is 4.68. The van der Waals surface area contributed by atoms with Gasteiger partial charge in [0.2, 0.25) is 5.91 Å². The molecule has 0 spiro atoms. The van der Waals surface area contributed by atoms with Gasteiger partial charge in [-0.2, -0.15) is 0 Å². The molecule has 144 valence electrons. The molecular formula is C19H19Cl2FN2O3. The summed E-state index contributed by atoms with van der Waals surface area (Å²) in [6.07, 6.45) is 0. The van der Waals surface area contributed by atoms with Crippen molar-refractivity contribution >= 4 is 35.0 Å². The average Bonchev–Trinajstić information content (AvgIpc) is 2.66. The Morgan fingerprint density at radius 2 is 1.89 bits per heavy atom. The number of halogens is 3. The molecule has 2 rings (SSSR count). The third-order valence-electron chi connectivity index (χ3n) is 3.94. The maximum Gasteiger partial charge on any atom is 0.261 e.